The van der Waals surface area contributed by atoms with E-state index in [0.717, 1.165) is 41.8 Å². The summed E-state index contributed by atoms with van der Waals surface area (Å²) in [4.78, 5) is 23.9. The molecule has 0 unspecified atom stereocenters. The summed E-state index contributed by atoms with van der Waals surface area (Å²) in [7, 11) is 0. The maximum Gasteiger partial charge on any atom is 0.257 e. The number of amides is 1. The van der Waals surface area contributed by atoms with Crippen LogP contribution < -0.4 is 5.32 Å². The first-order valence-corrected chi connectivity index (χ1v) is 11.0. The van der Waals surface area contributed by atoms with E-state index in [1.807, 2.05) is 29.6 Å². The van der Waals surface area contributed by atoms with E-state index in [1.165, 1.54) is 11.3 Å². The molecule has 0 radical (unpaired) electrons. The second-order valence-corrected chi connectivity index (χ2v) is 8.85. The maximum atomic E-state index is 12.4. The molecule has 1 fully saturated rings. The molecule has 0 spiro atoms. The molecule has 1 saturated heterocycles. The summed E-state index contributed by atoms with van der Waals surface area (Å²) >= 11 is 10.8. The molecule has 3 aromatic rings. The summed E-state index contributed by atoms with van der Waals surface area (Å²) < 4.78 is 0.942. The number of thiazole rings is 1. The van der Waals surface area contributed by atoms with Gasteiger partial charge in [0, 0.05) is 28.2 Å². The molecule has 5 nitrogen and oxygen atoms in total. The first-order valence-electron chi connectivity index (χ1n) is 8.95. The number of carbonyl (C=O) groups excluding carboxylic acids is 1. The minimum absolute atomic E-state index is 0.151. The van der Waals surface area contributed by atoms with Gasteiger partial charge < -0.3 is 0 Å². The molecule has 4 rings (SSSR count). The Kier molecular flexibility index (Phi) is 6.06. The van der Waals surface area contributed by atoms with Crippen molar-refractivity contribution in [3.63, 3.8) is 0 Å². The van der Waals surface area contributed by atoms with Gasteiger partial charge in [-0.2, -0.15) is 0 Å². The number of hydrogen-bond acceptors (Lipinski definition) is 5. The van der Waals surface area contributed by atoms with Crippen LogP contribution in [0.1, 0.15) is 40.6 Å². The summed E-state index contributed by atoms with van der Waals surface area (Å²) in [6.07, 6.45) is 3.86. The van der Waals surface area contributed by atoms with Crippen molar-refractivity contribution in [3.8, 4) is 0 Å². The molecule has 1 amide bonds. The summed E-state index contributed by atoms with van der Waals surface area (Å²) in [5, 5.41) is 6.21. The van der Waals surface area contributed by atoms with Crippen LogP contribution in [0.4, 0.5) is 5.13 Å². The van der Waals surface area contributed by atoms with E-state index >= 15 is 0 Å². The zero-order valence-corrected chi connectivity index (χ0v) is 18.1. The number of rotatable bonds is 5. The van der Waals surface area contributed by atoms with Gasteiger partial charge in [0.25, 0.3) is 5.91 Å². The number of nitrogens with zero attached hydrogens (tertiary/aromatic N) is 3. The Labute approximate surface area is 180 Å². The van der Waals surface area contributed by atoms with E-state index in [9.17, 15) is 4.79 Å². The molecule has 3 heterocycles. The Balaban J connectivity index is 1.43. The SMILES string of the molecule is O=C(Nc1nc([C@H]2CCCN2Cc2ccc(Cl)cn2)cs1)c1ccc(Br)cc1. The molecule has 1 N–H and O–H groups in total. The Morgan fingerprint density at radius 3 is 2.86 bits per heavy atom. The molecule has 28 heavy (non-hydrogen) atoms. The monoisotopic (exact) mass is 476 g/mol. The van der Waals surface area contributed by atoms with Gasteiger partial charge in [0.15, 0.2) is 5.13 Å². The Morgan fingerprint density at radius 1 is 1.29 bits per heavy atom. The van der Waals surface area contributed by atoms with E-state index in [-0.39, 0.29) is 11.9 Å². The van der Waals surface area contributed by atoms with Crippen molar-refractivity contribution in [3.05, 3.63) is 74.4 Å². The highest BCUT2D eigenvalue weighted by Crippen LogP contribution is 2.34. The first-order chi connectivity index (χ1) is 13.6. The number of anilines is 1. The molecule has 0 saturated carbocycles. The second kappa shape index (κ2) is 8.69. The summed E-state index contributed by atoms with van der Waals surface area (Å²) in [6, 6.07) is 11.3. The van der Waals surface area contributed by atoms with Crippen molar-refractivity contribution in [1.82, 2.24) is 14.9 Å². The van der Waals surface area contributed by atoms with Crippen LogP contribution >= 0.6 is 38.9 Å². The first kappa shape index (κ1) is 19.5. The number of likely N-dealkylation sites (tertiary alicyclic amines) is 1. The van der Waals surface area contributed by atoms with E-state index < -0.39 is 0 Å². The van der Waals surface area contributed by atoms with Gasteiger partial charge in [0.2, 0.25) is 0 Å². The lowest BCUT2D eigenvalue weighted by Gasteiger charge is -2.22. The van der Waals surface area contributed by atoms with Crippen LogP contribution in [0.5, 0.6) is 0 Å². The molecule has 0 bridgehead atoms. The molecule has 144 valence electrons. The summed E-state index contributed by atoms with van der Waals surface area (Å²) in [6.45, 7) is 1.77. The molecular weight excluding hydrogens is 460 g/mol. The lowest BCUT2D eigenvalue weighted by Crippen LogP contribution is -2.23. The zero-order chi connectivity index (χ0) is 19.5. The normalized spacial score (nSPS) is 17.0. The van der Waals surface area contributed by atoms with Gasteiger partial charge in [-0.3, -0.25) is 20.0 Å². The van der Waals surface area contributed by atoms with Crippen molar-refractivity contribution >= 4 is 49.9 Å². The number of aromatic nitrogens is 2. The molecule has 1 aliphatic heterocycles. The smallest absolute Gasteiger partial charge is 0.257 e. The van der Waals surface area contributed by atoms with E-state index in [0.29, 0.717) is 15.7 Å². The Morgan fingerprint density at radius 2 is 2.11 bits per heavy atom. The van der Waals surface area contributed by atoms with E-state index in [4.69, 9.17) is 11.6 Å². The van der Waals surface area contributed by atoms with Crippen molar-refractivity contribution < 1.29 is 4.79 Å². The Bertz CT molecular complexity index is 961. The van der Waals surface area contributed by atoms with Gasteiger partial charge in [-0.1, -0.05) is 27.5 Å². The minimum atomic E-state index is -0.151. The van der Waals surface area contributed by atoms with Crippen LogP contribution in [0.15, 0.2) is 52.4 Å². The van der Waals surface area contributed by atoms with Gasteiger partial charge in [0.1, 0.15) is 0 Å². The summed E-state index contributed by atoms with van der Waals surface area (Å²) in [5.74, 6) is -0.151. The van der Waals surface area contributed by atoms with Gasteiger partial charge in [0.05, 0.1) is 22.5 Å². The highest BCUT2D eigenvalue weighted by molar-refractivity contribution is 9.10. The summed E-state index contributed by atoms with van der Waals surface area (Å²) in [5.41, 5.74) is 2.61. The molecule has 1 atom stereocenters. The van der Waals surface area contributed by atoms with Crippen LogP contribution in [0.25, 0.3) is 0 Å². The highest BCUT2D eigenvalue weighted by atomic mass is 79.9. The van der Waals surface area contributed by atoms with Crippen molar-refractivity contribution in [2.75, 3.05) is 11.9 Å². The molecular formula is C20H18BrClN4OS. The lowest BCUT2D eigenvalue weighted by molar-refractivity contribution is 0.102. The Hall–Kier alpha value is -1.80. The van der Waals surface area contributed by atoms with Crippen LogP contribution in [-0.2, 0) is 6.54 Å². The number of benzene rings is 1. The van der Waals surface area contributed by atoms with Gasteiger partial charge in [-0.05, 0) is 55.8 Å². The van der Waals surface area contributed by atoms with Crippen LogP contribution in [0, 0.1) is 0 Å². The van der Waals surface area contributed by atoms with E-state index in [1.54, 1.807) is 18.3 Å². The quantitative estimate of drug-likeness (QED) is 0.524. The van der Waals surface area contributed by atoms with Gasteiger partial charge in [-0.15, -0.1) is 11.3 Å². The average Bonchev–Trinajstić information content (AvgIpc) is 3.33. The number of pyridine rings is 1. The lowest BCUT2D eigenvalue weighted by atomic mass is 10.1. The minimum Gasteiger partial charge on any atom is -0.298 e. The molecule has 2 aromatic heterocycles. The standard InChI is InChI=1S/C20H18BrClN4OS/c21-14-5-3-13(4-6-14)19(27)25-20-24-17(12-28-20)18-2-1-9-26(18)11-16-8-7-15(22)10-23-16/h3-8,10,12,18H,1-2,9,11H2,(H,24,25,27)/t18-/m1/s1. The number of hydrogen-bond donors (Lipinski definition) is 1. The third kappa shape index (κ3) is 4.60. The number of halogens is 2. The molecule has 1 aliphatic rings. The van der Waals surface area contributed by atoms with Crippen molar-refractivity contribution in [1.29, 1.82) is 0 Å². The van der Waals surface area contributed by atoms with Crippen LogP contribution in [-0.4, -0.2) is 27.3 Å². The molecule has 8 heteroatoms. The predicted molar refractivity (Wildman–Crippen MR) is 116 cm³/mol. The zero-order valence-electron chi connectivity index (χ0n) is 14.9. The maximum absolute atomic E-state index is 12.4. The van der Waals surface area contributed by atoms with E-state index in [2.05, 4.69) is 36.1 Å². The predicted octanol–water partition coefficient (Wildman–Crippen LogP) is 5.54. The van der Waals surface area contributed by atoms with Crippen molar-refractivity contribution in [2.24, 2.45) is 0 Å². The van der Waals surface area contributed by atoms with Crippen LogP contribution in [0.2, 0.25) is 5.02 Å². The third-order valence-corrected chi connectivity index (χ3v) is 6.24. The molecule has 1 aromatic carbocycles. The van der Waals surface area contributed by atoms with Crippen LogP contribution in [0.3, 0.4) is 0 Å². The third-order valence-electron chi connectivity index (χ3n) is 4.71. The second-order valence-electron chi connectivity index (χ2n) is 6.63. The highest BCUT2D eigenvalue weighted by Gasteiger charge is 2.28. The average molecular weight is 478 g/mol. The van der Waals surface area contributed by atoms with Gasteiger partial charge in [-0.25, -0.2) is 4.98 Å². The number of carbonyl (C=O) groups is 1. The fraction of sp³-hybridized carbons (Fsp3) is 0.250. The van der Waals surface area contributed by atoms with Crippen molar-refractivity contribution in [2.45, 2.75) is 25.4 Å². The topological polar surface area (TPSA) is 58.1 Å². The fourth-order valence-corrected chi connectivity index (χ4v) is 4.45. The molecule has 0 aliphatic carbocycles. The largest absolute Gasteiger partial charge is 0.298 e. The van der Waals surface area contributed by atoms with Gasteiger partial charge >= 0.3 is 0 Å². The fourth-order valence-electron chi connectivity index (χ4n) is 3.33. The number of nitrogens with one attached hydrogen (secondary N) is 1.